The Hall–Kier alpha value is -1.99. The second-order valence-electron chi connectivity index (χ2n) is 5.78. The number of hydrogen-bond donors (Lipinski definition) is 2. The smallest absolute Gasteiger partial charge is 0.422 e. The first-order chi connectivity index (χ1) is 11.2. The number of hydrogen-bond acceptors (Lipinski definition) is 3. The summed E-state index contributed by atoms with van der Waals surface area (Å²) in [7, 11) is 0. The first-order valence-electron chi connectivity index (χ1n) is 7.90. The number of aliphatic imine (C=N–C) groups is 1. The van der Waals surface area contributed by atoms with E-state index in [1.54, 1.807) is 6.07 Å². The van der Waals surface area contributed by atoms with Gasteiger partial charge in [0.1, 0.15) is 0 Å². The first-order valence-corrected chi connectivity index (χ1v) is 7.90. The van der Waals surface area contributed by atoms with Gasteiger partial charge in [0, 0.05) is 24.8 Å². The van der Waals surface area contributed by atoms with Gasteiger partial charge in [0.2, 0.25) is 5.88 Å². The van der Waals surface area contributed by atoms with E-state index in [1.807, 2.05) is 6.92 Å². The summed E-state index contributed by atoms with van der Waals surface area (Å²) in [6.45, 7) is 8.04. The normalized spacial score (nSPS) is 13.8. The molecule has 1 heterocycles. The van der Waals surface area contributed by atoms with E-state index in [-0.39, 0.29) is 11.9 Å². The molecule has 0 spiro atoms. The fourth-order valence-electron chi connectivity index (χ4n) is 1.62. The zero-order valence-electron chi connectivity index (χ0n) is 14.4. The summed E-state index contributed by atoms with van der Waals surface area (Å²) in [6.07, 6.45) is -2.91. The SMILES string of the molecule is CCNC(=NCc1ccc(OCC(F)(F)F)nc1)NC(C)C(C)C. The van der Waals surface area contributed by atoms with Crippen LogP contribution >= 0.6 is 0 Å². The third kappa shape index (κ3) is 8.03. The number of nitrogens with one attached hydrogen (secondary N) is 2. The van der Waals surface area contributed by atoms with Crippen LogP contribution in [0.1, 0.15) is 33.3 Å². The number of aromatic nitrogens is 1. The molecule has 2 N–H and O–H groups in total. The van der Waals surface area contributed by atoms with Crippen molar-refractivity contribution in [1.82, 2.24) is 15.6 Å². The van der Waals surface area contributed by atoms with Gasteiger partial charge in [0.15, 0.2) is 12.6 Å². The molecule has 0 amide bonds. The highest BCUT2D eigenvalue weighted by Crippen LogP contribution is 2.17. The molecule has 0 fully saturated rings. The number of alkyl halides is 3. The molecule has 1 rings (SSSR count). The number of nitrogens with zero attached hydrogens (tertiary/aromatic N) is 2. The average Bonchev–Trinajstić information content (AvgIpc) is 2.51. The number of rotatable bonds is 7. The fraction of sp³-hybridized carbons (Fsp3) is 0.625. The number of ether oxygens (including phenoxy) is 1. The molecule has 136 valence electrons. The predicted molar refractivity (Wildman–Crippen MR) is 88.0 cm³/mol. The zero-order valence-corrected chi connectivity index (χ0v) is 14.4. The van der Waals surface area contributed by atoms with E-state index < -0.39 is 12.8 Å². The number of guanidine groups is 1. The molecule has 0 saturated heterocycles. The number of pyridine rings is 1. The molecule has 0 bridgehead atoms. The van der Waals surface area contributed by atoms with Gasteiger partial charge in [-0.15, -0.1) is 0 Å². The van der Waals surface area contributed by atoms with Crippen LogP contribution < -0.4 is 15.4 Å². The van der Waals surface area contributed by atoms with Crippen molar-refractivity contribution >= 4 is 5.96 Å². The van der Waals surface area contributed by atoms with E-state index >= 15 is 0 Å². The van der Waals surface area contributed by atoms with Crippen LogP contribution in [0.4, 0.5) is 13.2 Å². The van der Waals surface area contributed by atoms with Gasteiger partial charge in [0.05, 0.1) is 6.54 Å². The molecule has 1 atom stereocenters. The number of halogens is 3. The maximum Gasteiger partial charge on any atom is 0.422 e. The van der Waals surface area contributed by atoms with Gasteiger partial charge in [-0.1, -0.05) is 19.9 Å². The van der Waals surface area contributed by atoms with Crippen molar-refractivity contribution in [2.45, 2.75) is 46.5 Å². The van der Waals surface area contributed by atoms with Crippen LogP contribution in [0.25, 0.3) is 0 Å². The van der Waals surface area contributed by atoms with Crippen molar-refractivity contribution in [3.05, 3.63) is 23.9 Å². The molecule has 0 saturated carbocycles. The minimum absolute atomic E-state index is 0.0569. The van der Waals surface area contributed by atoms with Crippen LogP contribution in [-0.4, -0.2) is 36.3 Å². The highest BCUT2D eigenvalue weighted by molar-refractivity contribution is 5.80. The van der Waals surface area contributed by atoms with Crippen molar-refractivity contribution < 1.29 is 17.9 Å². The largest absolute Gasteiger partial charge is 0.468 e. The van der Waals surface area contributed by atoms with Gasteiger partial charge >= 0.3 is 6.18 Å². The summed E-state index contributed by atoms with van der Waals surface area (Å²) >= 11 is 0. The summed E-state index contributed by atoms with van der Waals surface area (Å²) in [4.78, 5) is 8.32. The van der Waals surface area contributed by atoms with Crippen LogP contribution in [-0.2, 0) is 6.54 Å². The Kier molecular flexibility index (Phi) is 7.81. The Morgan fingerprint density at radius 2 is 2.00 bits per heavy atom. The van der Waals surface area contributed by atoms with E-state index in [0.717, 1.165) is 12.1 Å². The third-order valence-corrected chi connectivity index (χ3v) is 3.31. The fourth-order valence-corrected chi connectivity index (χ4v) is 1.62. The van der Waals surface area contributed by atoms with E-state index in [9.17, 15) is 13.2 Å². The topological polar surface area (TPSA) is 58.5 Å². The molecule has 0 aliphatic carbocycles. The summed E-state index contributed by atoms with van der Waals surface area (Å²) in [5.41, 5.74) is 0.781. The zero-order chi connectivity index (χ0) is 18.2. The van der Waals surface area contributed by atoms with Crippen molar-refractivity contribution in [1.29, 1.82) is 0 Å². The minimum atomic E-state index is -4.37. The summed E-state index contributed by atoms with van der Waals surface area (Å²) < 4.78 is 40.8. The minimum Gasteiger partial charge on any atom is -0.468 e. The van der Waals surface area contributed by atoms with Crippen molar-refractivity contribution in [2.75, 3.05) is 13.2 Å². The molecular weight excluding hydrogens is 321 g/mol. The van der Waals surface area contributed by atoms with Crippen molar-refractivity contribution in [2.24, 2.45) is 10.9 Å². The monoisotopic (exact) mass is 346 g/mol. The van der Waals surface area contributed by atoms with Gasteiger partial charge in [-0.3, -0.25) is 0 Å². The standard InChI is InChI=1S/C16H25F3N4O/c1-5-20-15(23-12(4)11(2)3)22-9-13-6-7-14(21-8-13)24-10-16(17,18)19/h6-8,11-12H,5,9-10H2,1-4H3,(H2,20,22,23). The Labute approximate surface area is 140 Å². The molecule has 1 aromatic rings. The lowest BCUT2D eigenvalue weighted by atomic mass is 10.1. The van der Waals surface area contributed by atoms with Gasteiger partial charge in [-0.2, -0.15) is 13.2 Å². The van der Waals surface area contributed by atoms with Gasteiger partial charge in [-0.05, 0) is 25.3 Å². The predicted octanol–water partition coefficient (Wildman–Crippen LogP) is 3.12. The van der Waals surface area contributed by atoms with E-state index in [1.165, 1.54) is 12.3 Å². The van der Waals surface area contributed by atoms with E-state index in [0.29, 0.717) is 18.4 Å². The molecule has 5 nitrogen and oxygen atoms in total. The van der Waals surface area contributed by atoms with Crippen LogP contribution in [0.15, 0.2) is 23.3 Å². The second-order valence-corrected chi connectivity index (χ2v) is 5.78. The van der Waals surface area contributed by atoms with Crippen molar-refractivity contribution in [3.8, 4) is 5.88 Å². The summed E-state index contributed by atoms with van der Waals surface area (Å²) in [5, 5.41) is 6.46. The lowest BCUT2D eigenvalue weighted by Gasteiger charge is -2.20. The molecule has 0 radical (unpaired) electrons. The highest BCUT2D eigenvalue weighted by atomic mass is 19.4. The lowest BCUT2D eigenvalue weighted by molar-refractivity contribution is -0.154. The lowest BCUT2D eigenvalue weighted by Crippen LogP contribution is -2.44. The Morgan fingerprint density at radius 1 is 1.29 bits per heavy atom. The molecule has 0 aromatic carbocycles. The molecule has 1 aromatic heterocycles. The van der Waals surface area contributed by atoms with Crippen LogP contribution in [0.5, 0.6) is 5.88 Å². The van der Waals surface area contributed by atoms with Crippen LogP contribution in [0.3, 0.4) is 0 Å². The third-order valence-electron chi connectivity index (χ3n) is 3.31. The molecule has 0 aliphatic rings. The molecule has 1 unspecified atom stereocenters. The van der Waals surface area contributed by atoms with E-state index in [2.05, 4.69) is 46.1 Å². The Morgan fingerprint density at radius 3 is 2.50 bits per heavy atom. The highest BCUT2D eigenvalue weighted by Gasteiger charge is 2.28. The molecule has 0 aliphatic heterocycles. The Bertz CT molecular complexity index is 515. The van der Waals surface area contributed by atoms with Crippen LogP contribution in [0.2, 0.25) is 0 Å². The molecule has 24 heavy (non-hydrogen) atoms. The molecular formula is C16H25F3N4O. The van der Waals surface area contributed by atoms with Crippen LogP contribution in [0, 0.1) is 5.92 Å². The van der Waals surface area contributed by atoms with Crippen molar-refractivity contribution in [3.63, 3.8) is 0 Å². The quantitative estimate of drug-likeness (QED) is 0.588. The maximum absolute atomic E-state index is 12.1. The summed E-state index contributed by atoms with van der Waals surface area (Å²) in [5.74, 6) is 1.09. The average molecular weight is 346 g/mol. The summed E-state index contributed by atoms with van der Waals surface area (Å²) in [6, 6.07) is 3.32. The van der Waals surface area contributed by atoms with Gasteiger partial charge < -0.3 is 15.4 Å². The molecule has 8 heteroatoms. The maximum atomic E-state index is 12.1. The van der Waals surface area contributed by atoms with E-state index in [4.69, 9.17) is 0 Å². The van der Waals surface area contributed by atoms with Gasteiger partial charge in [-0.25, -0.2) is 9.98 Å². The van der Waals surface area contributed by atoms with Gasteiger partial charge in [0.25, 0.3) is 0 Å². The first kappa shape index (κ1) is 20.1. The Balaban J connectivity index is 2.62. The second kappa shape index (κ2) is 9.34.